The third-order valence-electron chi connectivity index (χ3n) is 6.16. The van der Waals surface area contributed by atoms with Gasteiger partial charge in [-0.25, -0.2) is 9.59 Å². The van der Waals surface area contributed by atoms with Gasteiger partial charge in [0.1, 0.15) is 29.7 Å². The number of esters is 1. The number of nitrogens with zero attached hydrogens (tertiary/aromatic N) is 2. The second-order valence-electron chi connectivity index (χ2n) is 10.3. The molecule has 2 aliphatic rings. The van der Waals surface area contributed by atoms with Gasteiger partial charge in [-0.15, -0.1) is 11.8 Å². The molecule has 0 spiro atoms. The highest BCUT2D eigenvalue weighted by atomic mass is 32.2. The third kappa shape index (κ3) is 6.82. The predicted molar refractivity (Wildman–Crippen MR) is 145 cm³/mol. The largest absolute Gasteiger partial charge is 0.459 e. The van der Waals surface area contributed by atoms with Crippen LogP contribution < -0.4 is 10.6 Å². The van der Waals surface area contributed by atoms with Crippen LogP contribution in [-0.2, 0) is 35.3 Å². The Morgan fingerprint density at radius 1 is 1.10 bits per heavy atom. The monoisotopic (exact) mass is 584 g/mol. The van der Waals surface area contributed by atoms with Gasteiger partial charge in [-0.2, -0.15) is 0 Å². The molecule has 2 aromatic carbocycles. The summed E-state index contributed by atoms with van der Waals surface area (Å²) in [6, 6.07) is 10.1. The summed E-state index contributed by atoms with van der Waals surface area (Å²) in [6.45, 7) is 4.79. The average Bonchev–Trinajstić information content (AvgIpc) is 2.92. The maximum Gasteiger partial charge on any atom is 0.408 e. The fourth-order valence-corrected chi connectivity index (χ4v) is 5.53. The maximum atomic E-state index is 13.3. The molecule has 0 saturated carbocycles. The molecule has 0 bridgehead atoms. The number of benzene rings is 2. The molecule has 2 saturated heterocycles. The number of hydrogen-bond acceptors (Lipinski definition) is 10. The molecule has 4 atom stereocenters. The van der Waals surface area contributed by atoms with Gasteiger partial charge in [0.25, 0.3) is 5.69 Å². The van der Waals surface area contributed by atoms with Gasteiger partial charge in [0.15, 0.2) is 11.8 Å². The fraction of sp³-hybridized carbons (Fsp3) is 0.370. The van der Waals surface area contributed by atoms with Crippen molar-refractivity contribution in [3.05, 3.63) is 75.8 Å². The van der Waals surface area contributed by atoms with Crippen molar-refractivity contribution in [2.75, 3.05) is 5.75 Å². The molecule has 0 aromatic heterocycles. The molecule has 3 unspecified atom stereocenters. The highest BCUT2D eigenvalue weighted by Gasteiger charge is 2.58. The lowest BCUT2D eigenvalue weighted by atomic mass is 9.99. The van der Waals surface area contributed by atoms with Crippen molar-refractivity contribution < 1.29 is 38.4 Å². The molecule has 0 aliphatic carbocycles. The lowest BCUT2D eigenvalue weighted by Gasteiger charge is -2.51. The molecular formula is C27H28N4O9S. The summed E-state index contributed by atoms with van der Waals surface area (Å²) in [5.41, 5.74) is -0.0154. The first-order chi connectivity index (χ1) is 19.4. The van der Waals surface area contributed by atoms with Gasteiger partial charge in [-0.05, 0) is 44.0 Å². The Morgan fingerprint density at radius 2 is 1.76 bits per heavy atom. The first-order valence-corrected chi connectivity index (χ1v) is 13.6. The number of β-lactam (4-membered cyclic amide) rings is 1. The van der Waals surface area contributed by atoms with E-state index in [9.17, 15) is 34.1 Å². The number of thioether (sulfide) groups is 1. The van der Waals surface area contributed by atoms with Crippen LogP contribution in [0, 0.1) is 10.1 Å². The summed E-state index contributed by atoms with van der Waals surface area (Å²) in [4.78, 5) is 75.7. The zero-order valence-electron chi connectivity index (χ0n) is 22.4. The number of ketones is 1. The van der Waals surface area contributed by atoms with Gasteiger partial charge in [0.05, 0.1) is 10.7 Å². The molecule has 13 nitrogen and oxygen atoms in total. The third-order valence-corrected chi connectivity index (χ3v) is 7.46. The van der Waals surface area contributed by atoms with Crippen molar-refractivity contribution in [2.45, 2.75) is 56.5 Å². The zero-order valence-corrected chi connectivity index (χ0v) is 23.2. The van der Waals surface area contributed by atoms with Crippen LogP contribution in [-0.4, -0.2) is 68.3 Å². The first-order valence-electron chi connectivity index (χ1n) is 12.6. The Hall–Kier alpha value is -4.46. The summed E-state index contributed by atoms with van der Waals surface area (Å²) in [5.74, 6) is -2.87. The number of nitro groups is 1. The van der Waals surface area contributed by atoms with E-state index in [2.05, 4.69) is 10.6 Å². The van der Waals surface area contributed by atoms with Crippen LogP contribution in [0.5, 0.6) is 0 Å². The zero-order chi connectivity index (χ0) is 29.9. The second-order valence-corrected chi connectivity index (χ2v) is 11.4. The second kappa shape index (κ2) is 12.0. The molecule has 216 valence electrons. The van der Waals surface area contributed by atoms with Gasteiger partial charge in [-0.3, -0.25) is 24.5 Å². The fourth-order valence-electron chi connectivity index (χ4n) is 4.27. The quantitative estimate of drug-likeness (QED) is 0.154. The number of nitro benzene ring substituents is 1. The van der Waals surface area contributed by atoms with E-state index in [0.717, 1.165) is 16.7 Å². The van der Waals surface area contributed by atoms with E-state index >= 15 is 0 Å². The van der Waals surface area contributed by atoms with Crippen molar-refractivity contribution in [2.24, 2.45) is 0 Å². The van der Waals surface area contributed by atoms with Crippen molar-refractivity contribution >= 4 is 47.1 Å². The van der Waals surface area contributed by atoms with Gasteiger partial charge in [-0.1, -0.05) is 30.3 Å². The molecule has 3 amide bonds. The minimum Gasteiger partial charge on any atom is -0.459 e. The van der Waals surface area contributed by atoms with Gasteiger partial charge >= 0.3 is 12.1 Å². The number of non-ortho nitro benzene ring substituents is 1. The number of rotatable bonds is 8. The summed E-state index contributed by atoms with van der Waals surface area (Å²) in [5, 5.41) is 15.3. The van der Waals surface area contributed by atoms with E-state index in [-0.39, 0.29) is 18.0 Å². The first kappa shape index (κ1) is 29.5. The molecule has 2 N–H and O–H groups in total. The van der Waals surface area contributed by atoms with E-state index in [4.69, 9.17) is 9.47 Å². The van der Waals surface area contributed by atoms with Crippen LogP contribution in [0.4, 0.5) is 10.5 Å². The van der Waals surface area contributed by atoms with Gasteiger partial charge < -0.3 is 25.0 Å². The van der Waals surface area contributed by atoms with Crippen molar-refractivity contribution in [3.8, 4) is 0 Å². The molecule has 41 heavy (non-hydrogen) atoms. The predicted octanol–water partition coefficient (Wildman–Crippen LogP) is 2.24. The molecule has 2 fully saturated rings. The van der Waals surface area contributed by atoms with Crippen LogP contribution in [0.1, 0.15) is 37.9 Å². The summed E-state index contributed by atoms with van der Waals surface area (Å²) in [7, 11) is 0. The number of hydrogen-bond donors (Lipinski definition) is 2. The number of Topliss-reactive ketones (excluding diaryl/α,β-unsaturated/α-hetero) is 1. The normalized spacial score (nSPS) is 20.7. The SMILES string of the molecule is CC(C)(C)OC(=O)NC(C(=O)NC1C(=O)N2C(C(=O)OCc3ccc([N+](=O)[O-])cc3)C(=O)CS[C@H]12)c1ccccc1. The highest BCUT2D eigenvalue weighted by molar-refractivity contribution is 8.00. The van der Waals surface area contributed by atoms with Crippen LogP contribution in [0.15, 0.2) is 54.6 Å². The van der Waals surface area contributed by atoms with E-state index in [1.807, 2.05) is 0 Å². The Kier molecular flexibility index (Phi) is 8.61. The van der Waals surface area contributed by atoms with E-state index in [0.29, 0.717) is 11.1 Å². The van der Waals surface area contributed by atoms with Crippen LogP contribution in [0.25, 0.3) is 0 Å². The Balaban J connectivity index is 1.42. The lowest BCUT2D eigenvalue weighted by Crippen LogP contribution is -2.76. The summed E-state index contributed by atoms with van der Waals surface area (Å²) >= 11 is 1.10. The molecule has 4 rings (SSSR count). The minimum atomic E-state index is -1.48. The molecule has 2 aromatic rings. The average molecular weight is 585 g/mol. The highest BCUT2D eigenvalue weighted by Crippen LogP contribution is 2.37. The van der Waals surface area contributed by atoms with Crippen LogP contribution >= 0.6 is 11.8 Å². The van der Waals surface area contributed by atoms with Gasteiger partial charge in [0, 0.05) is 12.1 Å². The smallest absolute Gasteiger partial charge is 0.408 e. The number of amides is 3. The van der Waals surface area contributed by atoms with E-state index in [1.54, 1.807) is 51.1 Å². The van der Waals surface area contributed by atoms with Gasteiger partial charge in [0.2, 0.25) is 11.8 Å². The van der Waals surface area contributed by atoms with Crippen LogP contribution in [0.2, 0.25) is 0 Å². The summed E-state index contributed by atoms with van der Waals surface area (Å²) < 4.78 is 10.5. The van der Waals surface area contributed by atoms with E-state index in [1.165, 1.54) is 24.3 Å². The number of alkyl carbamates (subject to hydrolysis) is 1. The lowest BCUT2D eigenvalue weighted by molar-refractivity contribution is -0.384. The van der Waals surface area contributed by atoms with E-state index < -0.39 is 63.7 Å². The van der Waals surface area contributed by atoms with Crippen molar-refractivity contribution in [1.29, 1.82) is 0 Å². The number of carbonyl (C=O) groups excluding carboxylic acids is 5. The topological polar surface area (TPSA) is 174 Å². The molecular weight excluding hydrogens is 556 g/mol. The number of carbonyl (C=O) groups is 5. The Labute approximate surface area is 239 Å². The molecule has 0 radical (unpaired) electrons. The summed E-state index contributed by atoms with van der Waals surface area (Å²) in [6.07, 6.45) is -0.823. The molecule has 2 aliphatic heterocycles. The van der Waals surface area contributed by atoms with Crippen molar-refractivity contribution in [3.63, 3.8) is 0 Å². The maximum absolute atomic E-state index is 13.3. The Morgan fingerprint density at radius 3 is 2.37 bits per heavy atom. The number of nitrogens with one attached hydrogen (secondary N) is 2. The molecule has 2 heterocycles. The number of fused-ring (bicyclic) bond motifs is 1. The standard InChI is InChI=1S/C27H28N4O9S/c1-27(2,3)40-26(36)29-19(16-7-5-4-6-8-16)22(33)28-20-23(34)30-21(18(32)14-41-24(20)30)25(35)39-13-15-9-11-17(12-10-15)31(37)38/h4-12,19-21,24H,13-14H2,1-3H3,(H,28,33)(H,29,36)/t19?,20?,21?,24-/m1/s1. The Bertz CT molecular complexity index is 1360. The van der Waals surface area contributed by atoms with Crippen molar-refractivity contribution in [1.82, 2.24) is 15.5 Å². The van der Waals surface area contributed by atoms with Crippen LogP contribution in [0.3, 0.4) is 0 Å². The number of ether oxygens (including phenoxy) is 2. The minimum absolute atomic E-state index is 0.0869. The molecule has 14 heteroatoms.